The van der Waals surface area contributed by atoms with Crippen molar-refractivity contribution in [3.05, 3.63) is 0 Å². The molecule has 0 aliphatic rings. The van der Waals surface area contributed by atoms with Crippen molar-refractivity contribution >= 4 is 29.4 Å². The summed E-state index contributed by atoms with van der Waals surface area (Å²) in [5.74, 6) is -2.79. The molecule has 0 fully saturated rings. The third-order valence-electron chi connectivity index (χ3n) is 4.55. The van der Waals surface area contributed by atoms with E-state index in [1.54, 1.807) is 27.8 Å². The second-order valence-electron chi connectivity index (χ2n) is 8.93. The van der Waals surface area contributed by atoms with Crippen LogP contribution in [-0.2, 0) is 24.0 Å². The molecule has 0 radical (unpaired) electrons. The van der Waals surface area contributed by atoms with Crippen LogP contribution < -0.4 is 27.0 Å². The van der Waals surface area contributed by atoms with Gasteiger partial charge in [-0.05, 0) is 33.2 Å². The van der Waals surface area contributed by atoms with Crippen LogP contribution in [0.4, 0.5) is 0 Å². The van der Waals surface area contributed by atoms with Crippen molar-refractivity contribution in [3.63, 3.8) is 0 Å². The van der Waals surface area contributed by atoms with Gasteiger partial charge in [-0.15, -0.1) is 0 Å². The molecule has 4 amide bonds. The number of amides is 4. The summed E-state index contributed by atoms with van der Waals surface area (Å²) in [5.41, 5.74) is 5.23. The van der Waals surface area contributed by atoms with Crippen LogP contribution in [0.25, 0.3) is 0 Å². The number of nitrogens with two attached hydrogens (primary N) is 1. The van der Waals surface area contributed by atoms with E-state index in [9.17, 15) is 24.0 Å². The summed E-state index contributed by atoms with van der Waals surface area (Å²) in [6, 6.07) is -3.45. The average molecular weight is 472 g/mol. The zero-order valence-electron chi connectivity index (χ0n) is 21.7. The second-order valence-corrected chi connectivity index (χ2v) is 8.93. The molecule has 0 aliphatic carbocycles. The maximum Gasteiger partial charge on any atom is 0.243 e. The van der Waals surface area contributed by atoms with E-state index in [-0.39, 0.29) is 17.6 Å². The van der Waals surface area contributed by atoms with Gasteiger partial charge in [-0.3, -0.25) is 24.0 Å². The number of carbonyl (C=O) groups excluding carboxylic acids is 5. The smallest absolute Gasteiger partial charge is 0.243 e. The predicted molar refractivity (Wildman–Crippen MR) is 129 cm³/mol. The fourth-order valence-electron chi connectivity index (χ4n) is 2.63. The van der Waals surface area contributed by atoms with Crippen LogP contribution in [-0.4, -0.2) is 60.6 Å². The lowest BCUT2D eigenvalue weighted by molar-refractivity contribution is -0.135. The van der Waals surface area contributed by atoms with Gasteiger partial charge < -0.3 is 27.0 Å². The van der Waals surface area contributed by atoms with Crippen molar-refractivity contribution in [2.24, 2.45) is 17.6 Å². The lowest BCUT2D eigenvalue weighted by Crippen LogP contribution is -2.57. The van der Waals surface area contributed by atoms with Crippen LogP contribution in [0.2, 0.25) is 0 Å². The average Bonchev–Trinajstić information content (AvgIpc) is 2.70. The maximum absolute atomic E-state index is 12.7. The van der Waals surface area contributed by atoms with Gasteiger partial charge >= 0.3 is 0 Å². The highest BCUT2D eigenvalue weighted by Crippen LogP contribution is 2.11. The van der Waals surface area contributed by atoms with Crippen LogP contribution in [0.1, 0.15) is 74.7 Å². The molecule has 10 heteroatoms. The molecule has 0 bridgehead atoms. The van der Waals surface area contributed by atoms with Gasteiger partial charge in [-0.25, -0.2) is 0 Å². The number of hydrogen-bond donors (Lipinski definition) is 5. The minimum Gasteiger partial charge on any atom is -0.370 e. The van der Waals surface area contributed by atoms with Crippen molar-refractivity contribution in [1.82, 2.24) is 21.3 Å². The molecule has 192 valence electrons. The summed E-state index contributed by atoms with van der Waals surface area (Å²) in [6.45, 7) is 14.7. The molecule has 0 spiro atoms. The van der Waals surface area contributed by atoms with Gasteiger partial charge in [0.25, 0.3) is 0 Å². The summed E-state index contributed by atoms with van der Waals surface area (Å²) in [7, 11) is 1.61. The Balaban J connectivity index is 0. The molecular formula is C23H45N5O5. The standard InChI is InChI=1S/C20H37N5O5.C3H8/c1-10(2)8-14(17(27)11(3)4)24-20(30)15(9-16(21)26)25-19(29)13(6)23-18(28)12(5)22-7;1-3-2/h10-15,22H,8-9H2,1-7H3,(H2,21,26)(H,23,28)(H,24,30)(H,25,29);3H2,1-2H3. The highest BCUT2D eigenvalue weighted by atomic mass is 16.2. The number of ketones is 1. The van der Waals surface area contributed by atoms with Crippen molar-refractivity contribution in [2.45, 2.75) is 98.8 Å². The van der Waals surface area contributed by atoms with Gasteiger partial charge in [0.2, 0.25) is 23.6 Å². The van der Waals surface area contributed by atoms with Crippen LogP contribution in [0.3, 0.4) is 0 Å². The Morgan fingerprint density at radius 3 is 1.58 bits per heavy atom. The molecule has 4 atom stereocenters. The van der Waals surface area contributed by atoms with E-state index in [1.165, 1.54) is 13.3 Å². The molecule has 0 aromatic heterocycles. The van der Waals surface area contributed by atoms with Crippen molar-refractivity contribution in [2.75, 3.05) is 7.05 Å². The van der Waals surface area contributed by atoms with Gasteiger partial charge in [0.05, 0.1) is 18.5 Å². The largest absolute Gasteiger partial charge is 0.370 e. The van der Waals surface area contributed by atoms with Crippen molar-refractivity contribution < 1.29 is 24.0 Å². The Labute approximate surface area is 198 Å². The topological polar surface area (TPSA) is 159 Å². The molecule has 0 aromatic rings. The summed E-state index contributed by atoms with van der Waals surface area (Å²) in [6.07, 6.45) is 1.24. The molecule has 0 saturated carbocycles. The molecule has 6 N–H and O–H groups in total. The van der Waals surface area contributed by atoms with Crippen molar-refractivity contribution in [3.8, 4) is 0 Å². The third kappa shape index (κ3) is 14.3. The number of nitrogens with one attached hydrogen (secondary N) is 4. The minimum atomic E-state index is -1.26. The fraction of sp³-hybridized carbons (Fsp3) is 0.783. The summed E-state index contributed by atoms with van der Waals surface area (Å²) in [4.78, 5) is 61.0. The van der Waals surface area contributed by atoms with Crippen LogP contribution in [0.15, 0.2) is 0 Å². The molecule has 4 unspecified atom stereocenters. The first kappa shape index (κ1) is 32.7. The number of rotatable bonds is 13. The summed E-state index contributed by atoms with van der Waals surface area (Å²) in [5, 5.41) is 10.3. The second kappa shape index (κ2) is 17.0. The van der Waals surface area contributed by atoms with E-state index in [2.05, 4.69) is 35.1 Å². The molecule has 0 aliphatic heterocycles. The zero-order valence-corrected chi connectivity index (χ0v) is 21.7. The Morgan fingerprint density at radius 2 is 1.18 bits per heavy atom. The molecule has 0 heterocycles. The summed E-state index contributed by atoms with van der Waals surface area (Å²) >= 11 is 0. The van der Waals surface area contributed by atoms with E-state index in [4.69, 9.17) is 5.73 Å². The van der Waals surface area contributed by atoms with Gasteiger partial charge in [-0.1, -0.05) is 48.0 Å². The van der Waals surface area contributed by atoms with Gasteiger partial charge in [0, 0.05) is 5.92 Å². The van der Waals surface area contributed by atoms with Crippen molar-refractivity contribution in [1.29, 1.82) is 0 Å². The van der Waals surface area contributed by atoms with E-state index >= 15 is 0 Å². The fourth-order valence-corrected chi connectivity index (χ4v) is 2.63. The maximum atomic E-state index is 12.7. The van der Waals surface area contributed by atoms with Crippen LogP contribution >= 0.6 is 0 Å². The summed E-state index contributed by atoms with van der Waals surface area (Å²) < 4.78 is 0. The van der Waals surface area contributed by atoms with E-state index < -0.39 is 54.2 Å². The van der Waals surface area contributed by atoms with E-state index in [1.807, 2.05) is 13.8 Å². The van der Waals surface area contributed by atoms with E-state index in [0.29, 0.717) is 6.42 Å². The van der Waals surface area contributed by atoms with Gasteiger partial charge in [0.15, 0.2) is 5.78 Å². The monoisotopic (exact) mass is 471 g/mol. The Morgan fingerprint density at radius 1 is 0.727 bits per heavy atom. The molecule has 10 nitrogen and oxygen atoms in total. The quantitative estimate of drug-likeness (QED) is 0.265. The molecule has 0 saturated heterocycles. The lowest BCUT2D eigenvalue weighted by Gasteiger charge is -2.25. The number of Topliss-reactive ketones (excluding diaryl/α,β-unsaturated/α-hetero) is 1. The number of hydrogen-bond acceptors (Lipinski definition) is 6. The normalized spacial score (nSPS) is 14.3. The highest BCUT2D eigenvalue weighted by Gasteiger charge is 2.30. The highest BCUT2D eigenvalue weighted by molar-refractivity contribution is 5.97. The first-order valence-corrected chi connectivity index (χ1v) is 11.6. The number of primary amides is 1. The van der Waals surface area contributed by atoms with Gasteiger partial charge in [0.1, 0.15) is 12.1 Å². The lowest BCUT2D eigenvalue weighted by atomic mass is 9.94. The van der Waals surface area contributed by atoms with Gasteiger partial charge in [-0.2, -0.15) is 0 Å². The Hall–Kier alpha value is -2.49. The molecular weight excluding hydrogens is 426 g/mol. The number of carbonyl (C=O) groups is 5. The molecule has 33 heavy (non-hydrogen) atoms. The van der Waals surface area contributed by atoms with E-state index in [0.717, 1.165) is 0 Å². The zero-order chi connectivity index (χ0) is 26.3. The minimum absolute atomic E-state index is 0.136. The van der Waals surface area contributed by atoms with Crippen LogP contribution in [0, 0.1) is 11.8 Å². The Bertz CT molecular complexity index is 651. The SMILES string of the molecule is CCC.CNC(C)C(=O)NC(C)C(=O)NC(CC(N)=O)C(=O)NC(CC(C)C)C(=O)C(C)C. The predicted octanol–water partition coefficient (Wildman–Crippen LogP) is 0.632. The first-order chi connectivity index (χ1) is 15.2. The first-order valence-electron chi connectivity index (χ1n) is 11.6. The molecule has 0 aromatic carbocycles. The molecule has 0 rings (SSSR count). The number of likely N-dealkylation sites (N-methyl/N-ethyl adjacent to an activating group) is 1. The third-order valence-corrected chi connectivity index (χ3v) is 4.55. The van der Waals surface area contributed by atoms with Crippen LogP contribution in [0.5, 0.6) is 0 Å². The Kier molecular flexibility index (Phi) is 16.9.